The normalized spacial score (nSPS) is 16.7. The van der Waals surface area contributed by atoms with E-state index >= 15 is 0 Å². The average Bonchev–Trinajstić information content (AvgIpc) is 3.14. The molecular formula is C19H19N5O2. The fourth-order valence-corrected chi connectivity index (χ4v) is 3.50. The number of aromatic nitrogens is 4. The maximum absolute atomic E-state index is 9.64. The molecule has 132 valence electrons. The Bertz CT molecular complexity index is 929. The minimum absolute atomic E-state index is 0.180. The summed E-state index contributed by atoms with van der Waals surface area (Å²) in [6.07, 6.45) is 6.96. The van der Waals surface area contributed by atoms with Gasteiger partial charge in [0.25, 0.3) is 0 Å². The monoisotopic (exact) mass is 349 g/mol. The summed E-state index contributed by atoms with van der Waals surface area (Å²) in [6, 6.07) is 7.91. The van der Waals surface area contributed by atoms with Crippen LogP contribution in [0.4, 0.5) is 5.82 Å². The van der Waals surface area contributed by atoms with Gasteiger partial charge in [-0.1, -0.05) is 0 Å². The molecule has 2 aliphatic heterocycles. The van der Waals surface area contributed by atoms with E-state index in [2.05, 4.69) is 14.9 Å². The van der Waals surface area contributed by atoms with Gasteiger partial charge in [0.15, 0.2) is 0 Å². The number of ether oxygens (including phenoxy) is 1. The summed E-state index contributed by atoms with van der Waals surface area (Å²) in [4.78, 5) is 11.1. The zero-order valence-electron chi connectivity index (χ0n) is 14.2. The number of pyridine rings is 2. The zero-order valence-corrected chi connectivity index (χ0v) is 14.2. The number of aliphatic hydroxyl groups is 1. The Morgan fingerprint density at radius 3 is 2.81 bits per heavy atom. The minimum atomic E-state index is -0.180. The van der Waals surface area contributed by atoms with Crippen LogP contribution in [0.5, 0.6) is 5.88 Å². The van der Waals surface area contributed by atoms with Gasteiger partial charge in [0.2, 0.25) is 5.88 Å². The van der Waals surface area contributed by atoms with Crippen molar-refractivity contribution < 1.29 is 9.84 Å². The lowest BCUT2D eigenvalue weighted by atomic mass is 10.1. The van der Waals surface area contributed by atoms with Crippen LogP contribution in [0.2, 0.25) is 0 Å². The van der Waals surface area contributed by atoms with Crippen LogP contribution in [0.15, 0.2) is 42.9 Å². The summed E-state index contributed by atoms with van der Waals surface area (Å²) in [5, 5.41) is 14.4. The summed E-state index contributed by atoms with van der Waals surface area (Å²) in [6.45, 7) is 2.15. The van der Waals surface area contributed by atoms with Crippen LogP contribution in [-0.2, 0) is 6.61 Å². The smallest absolute Gasteiger partial charge is 0.223 e. The second-order valence-corrected chi connectivity index (χ2v) is 6.69. The maximum Gasteiger partial charge on any atom is 0.223 e. The van der Waals surface area contributed by atoms with Crippen molar-refractivity contribution in [2.45, 2.75) is 25.6 Å². The van der Waals surface area contributed by atoms with E-state index in [1.807, 2.05) is 41.3 Å². The molecule has 7 heteroatoms. The SMILES string of the molecule is OC1CCN(c2ccc(-n3cc4c(n3)-c3cccnc3OC4)cn2)CC1. The van der Waals surface area contributed by atoms with Crippen LogP contribution in [0.1, 0.15) is 18.4 Å². The molecule has 0 spiro atoms. The van der Waals surface area contributed by atoms with Gasteiger partial charge in [-0.2, -0.15) is 5.10 Å². The highest BCUT2D eigenvalue weighted by Crippen LogP contribution is 2.34. The first-order valence-corrected chi connectivity index (χ1v) is 8.84. The molecule has 0 aliphatic carbocycles. The number of aliphatic hydroxyl groups excluding tert-OH is 1. The van der Waals surface area contributed by atoms with Crippen LogP contribution in [0.3, 0.4) is 0 Å². The van der Waals surface area contributed by atoms with Gasteiger partial charge in [0, 0.05) is 31.0 Å². The van der Waals surface area contributed by atoms with Gasteiger partial charge in [0.05, 0.1) is 23.6 Å². The summed E-state index contributed by atoms with van der Waals surface area (Å²) < 4.78 is 7.54. The number of nitrogens with zero attached hydrogens (tertiary/aromatic N) is 5. The summed E-state index contributed by atoms with van der Waals surface area (Å²) in [5.41, 5.74) is 3.78. The van der Waals surface area contributed by atoms with E-state index in [1.165, 1.54) is 0 Å². The van der Waals surface area contributed by atoms with Gasteiger partial charge in [-0.3, -0.25) is 0 Å². The molecule has 0 atom stereocenters. The molecule has 0 radical (unpaired) electrons. The molecule has 1 N–H and O–H groups in total. The summed E-state index contributed by atoms with van der Waals surface area (Å²) in [7, 11) is 0. The second kappa shape index (κ2) is 6.10. The summed E-state index contributed by atoms with van der Waals surface area (Å²) >= 11 is 0. The van der Waals surface area contributed by atoms with Crippen LogP contribution < -0.4 is 9.64 Å². The van der Waals surface area contributed by atoms with Crippen molar-refractivity contribution in [1.82, 2.24) is 19.7 Å². The van der Waals surface area contributed by atoms with Crippen molar-refractivity contribution in [3.8, 4) is 22.8 Å². The van der Waals surface area contributed by atoms with Crippen LogP contribution >= 0.6 is 0 Å². The van der Waals surface area contributed by atoms with E-state index in [0.29, 0.717) is 12.5 Å². The van der Waals surface area contributed by atoms with Crippen LogP contribution in [-0.4, -0.2) is 44.0 Å². The van der Waals surface area contributed by atoms with E-state index in [9.17, 15) is 5.11 Å². The number of piperidine rings is 1. The first kappa shape index (κ1) is 15.3. The first-order valence-electron chi connectivity index (χ1n) is 8.84. The average molecular weight is 349 g/mol. The second-order valence-electron chi connectivity index (χ2n) is 6.69. The third-order valence-corrected chi connectivity index (χ3v) is 4.97. The molecule has 0 aromatic carbocycles. The highest BCUT2D eigenvalue weighted by molar-refractivity contribution is 5.69. The van der Waals surface area contributed by atoms with E-state index in [4.69, 9.17) is 9.84 Å². The quantitative estimate of drug-likeness (QED) is 0.764. The molecule has 0 unspecified atom stereocenters. The van der Waals surface area contributed by atoms with E-state index in [-0.39, 0.29) is 6.10 Å². The van der Waals surface area contributed by atoms with Gasteiger partial charge in [-0.15, -0.1) is 0 Å². The van der Waals surface area contributed by atoms with E-state index in [0.717, 1.165) is 54.3 Å². The Hall–Kier alpha value is -2.93. The standard InChI is InChI=1S/C19H19N5O2/c25-15-5-8-23(9-6-15)17-4-3-14(10-21-17)24-11-13-12-26-19-16(18(13)22-24)2-1-7-20-19/h1-4,7,10-11,15,25H,5-6,8-9,12H2. The number of rotatable bonds is 2. The predicted octanol–water partition coefficient (Wildman–Crippen LogP) is 2.18. The molecule has 5 heterocycles. The molecule has 26 heavy (non-hydrogen) atoms. The molecule has 0 saturated carbocycles. The fraction of sp³-hybridized carbons (Fsp3) is 0.316. The lowest BCUT2D eigenvalue weighted by Crippen LogP contribution is -2.36. The molecule has 2 aliphatic rings. The summed E-state index contributed by atoms with van der Waals surface area (Å²) in [5.74, 6) is 1.57. The molecule has 5 rings (SSSR count). The molecule has 3 aromatic rings. The Labute approximate surface area is 150 Å². The third-order valence-electron chi connectivity index (χ3n) is 4.97. The van der Waals surface area contributed by atoms with Crippen molar-refractivity contribution in [3.05, 3.63) is 48.4 Å². The largest absolute Gasteiger partial charge is 0.472 e. The minimum Gasteiger partial charge on any atom is -0.472 e. The predicted molar refractivity (Wildman–Crippen MR) is 96.4 cm³/mol. The Morgan fingerprint density at radius 1 is 1.12 bits per heavy atom. The number of hydrogen-bond acceptors (Lipinski definition) is 6. The lowest BCUT2D eigenvalue weighted by molar-refractivity contribution is 0.145. The van der Waals surface area contributed by atoms with Crippen molar-refractivity contribution in [2.24, 2.45) is 0 Å². The fourth-order valence-electron chi connectivity index (χ4n) is 3.50. The van der Waals surface area contributed by atoms with Gasteiger partial charge in [0.1, 0.15) is 18.1 Å². The first-order chi connectivity index (χ1) is 12.8. The topological polar surface area (TPSA) is 76.3 Å². The van der Waals surface area contributed by atoms with Gasteiger partial charge in [-0.25, -0.2) is 14.6 Å². The molecule has 3 aromatic heterocycles. The number of anilines is 1. The molecule has 0 amide bonds. The molecule has 0 bridgehead atoms. The Balaban J connectivity index is 1.42. The Kier molecular flexibility index (Phi) is 3.60. The van der Waals surface area contributed by atoms with Gasteiger partial charge >= 0.3 is 0 Å². The van der Waals surface area contributed by atoms with Crippen LogP contribution in [0.25, 0.3) is 16.9 Å². The molecule has 1 fully saturated rings. The molecular weight excluding hydrogens is 330 g/mol. The van der Waals surface area contributed by atoms with E-state index in [1.54, 1.807) is 6.20 Å². The lowest BCUT2D eigenvalue weighted by Gasteiger charge is -2.30. The highest BCUT2D eigenvalue weighted by atomic mass is 16.5. The highest BCUT2D eigenvalue weighted by Gasteiger charge is 2.22. The van der Waals surface area contributed by atoms with Crippen molar-refractivity contribution in [1.29, 1.82) is 0 Å². The van der Waals surface area contributed by atoms with Crippen molar-refractivity contribution in [3.63, 3.8) is 0 Å². The number of hydrogen-bond donors (Lipinski definition) is 1. The van der Waals surface area contributed by atoms with Crippen molar-refractivity contribution in [2.75, 3.05) is 18.0 Å². The zero-order chi connectivity index (χ0) is 17.5. The van der Waals surface area contributed by atoms with E-state index < -0.39 is 0 Å². The van der Waals surface area contributed by atoms with Gasteiger partial charge in [-0.05, 0) is 37.1 Å². The molecule has 7 nitrogen and oxygen atoms in total. The molecule has 1 saturated heterocycles. The number of fused-ring (bicyclic) bond motifs is 3. The van der Waals surface area contributed by atoms with Crippen LogP contribution in [0, 0.1) is 0 Å². The Morgan fingerprint density at radius 2 is 2.00 bits per heavy atom. The maximum atomic E-state index is 9.64. The third kappa shape index (κ3) is 2.61. The van der Waals surface area contributed by atoms with Gasteiger partial charge < -0.3 is 14.7 Å². The van der Waals surface area contributed by atoms with Crippen molar-refractivity contribution >= 4 is 5.82 Å².